The summed E-state index contributed by atoms with van der Waals surface area (Å²) in [6.07, 6.45) is 8.65. The number of ketones is 1. The van der Waals surface area contributed by atoms with Crippen LogP contribution >= 0.6 is 0 Å². The van der Waals surface area contributed by atoms with Gasteiger partial charge in [-0.15, -0.1) is 0 Å². The third kappa shape index (κ3) is 12.6. The molecule has 0 aromatic heterocycles. The second kappa shape index (κ2) is 27.4. The highest BCUT2D eigenvalue weighted by molar-refractivity contribution is 6.73. The van der Waals surface area contributed by atoms with Crippen LogP contribution in [0, 0.1) is 91.7 Å². The average Bonchev–Trinajstić information content (AvgIpc) is 0.691. The Morgan fingerprint density at radius 2 is 1.28 bits per heavy atom. The van der Waals surface area contributed by atoms with E-state index in [-0.39, 0.29) is 87.0 Å². The van der Waals surface area contributed by atoms with E-state index < -0.39 is 50.9 Å². The van der Waals surface area contributed by atoms with Gasteiger partial charge in [0.15, 0.2) is 27.2 Å². The van der Waals surface area contributed by atoms with Crippen LogP contribution in [0.1, 0.15) is 187 Å². The SMILES string of the molecule is CC[Si](CC)(CC)OC1[C@H](OC2[C@H](O[C@H]3CCC4(C)C5CC=C6C7CC(C)(C)CC[C@]7(C(C)=O)C(C)C[C@@]6(C)[C@@]5(C)CC[C@H]4[C@@]3(C)C=O)OC(Cc3ccccc3)[C@@H](C)[C@@H]2O[C@@H]2OC[C@@H](C)[C@H](C)C2C)OC(COCc2ccccc2)[C@H](C)[C@@H]1C.O=C=O. The fourth-order valence-electron chi connectivity index (χ4n) is 20.0. The first-order chi connectivity index (χ1) is 41.7. The minimum atomic E-state index is -2.24. The summed E-state index contributed by atoms with van der Waals surface area (Å²) in [6.45, 7) is 41.2. The van der Waals surface area contributed by atoms with Crippen LogP contribution < -0.4 is 0 Å². The van der Waals surface area contributed by atoms with E-state index in [0.29, 0.717) is 62.1 Å². The molecular weight excluding hydrogens is 1120 g/mol. The third-order valence-electron chi connectivity index (χ3n) is 26.7. The average molecular weight is 1240 g/mol. The molecule has 24 atom stereocenters. The number of carbonyl (C=O) groups excluding carboxylic acids is 4. The van der Waals surface area contributed by atoms with Gasteiger partial charge in [-0.3, -0.25) is 4.79 Å². The number of ether oxygens (including phenoxy) is 7. The Bertz CT molecular complexity index is 2720. The first-order valence-electron chi connectivity index (χ1n) is 34.6. The van der Waals surface area contributed by atoms with Gasteiger partial charge in [-0.25, -0.2) is 0 Å². The quantitative estimate of drug-likeness (QED) is 0.0572. The van der Waals surface area contributed by atoms with Gasteiger partial charge in [0.05, 0.1) is 55.8 Å². The molecule has 10 rings (SSSR count). The molecule has 0 amide bonds. The lowest BCUT2D eigenvalue weighted by Gasteiger charge is -2.72. The number of fused-ring (bicyclic) bond motifs is 7. The summed E-state index contributed by atoms with van der Waals surface area (Å²) in [5.41, 5.74) is 2.73. The Morgan fingerprint density at radius 1 is 0.670 bits per heavy atom. The summed E-state index contributed by atoms with van der Waals surface area (Å²) in [6, 6.07) is 24.0. The van der Waals surface area contributed by atoms with Gasteiger partial charge in [0.2, 0.25) is 0 Å². The predicted octanol–water partition coefficient (Wildman–Crippen LogP) is 15.8. The van der Waals surface area contributed by atoms with Crippen molar-refractivity contribution < 1.29 is 56.8 Å². The normalized spacial score (nSPS) is 43.8. The second-order valence-corrected chi connectivity index (χ2v) is 36.1. The van der Waals surface area contributed by atoms with E-state index in [9.17, 15) is 9.59 Å². The predicted molar refractivity (Wildman–Crippen MR) is 345 cm³/mol. The van der Waals surface area contributed by atoms with Crippen molar-refractivity contribution in [3.05, 3.63) is 83.4 Å². The molecule has 88 heavy (non-hydrogen) atoms. The van der Waals surface area contributed by atoms with E-state index in [1.165, 1.54) is 11.8 Å². The molecule has 7 fully saturated rings. The molecule has 0 spiro atoms. The van der Waals surface area contributed by atoms with Crippen molar-refractivity contribution in [3.8, 4) is 0 Å². The number of benzene rings is 2. The lowest BCUT2D eigenvalue weighted by atomic mass is 9.32. The van der Waals surface area contributed by atoms with Gasteiger partial charge in [-0.05, 0) is 169 Å². The topological polar surface area (TPSA) is 142 Å². The monoisotopic (exact) mass is 1230 g/mol. The largest absolute Gasteiger partial charge is 0.408 e. The first kappa shape index (κ1) is 69.1. The van der Waals surface area contributed by atoms with E-state index in [1.54, 1.807) is 5.57 Å². The number of rotatable bonds is 19. The molecular formula is C75H114O12Si. The van der Waals surface area contributed by atoms with E-state index in [1.807, 2.05) is 13.0 Å². The fraction of sp³-hybridized carbons (Fsp3) is 0.773. The molecule has 0 bridgehead atoms. The molecule has 3 heterocycles. The highest BCUT2D eigenvalue weighted by atomic mass is 28.4. The van der Waals surface area contributed by atoms with Gasteiger partial charge in [-0.2, -0.15) is 9.59 Å². The lowest BCUT2D eigenvalue weighted by molar-refractivity contribution is -0.381. The Labute approximate surface area is 531 Å². The molecule has 5 aliphatic carbocycles. The van der Waals surface area contributed by atoms with Crippen molar-refractivity contribution in [1.82, 2.24) is 0 Å². The molecule has 4 saturated carbocycles. The molecule has 3 saturated heterocycles. The minimum absolute atomic E-state index is 0.00548. The van der Waals surface area contributed by atoms with Crippen molar-refractivity contribution in [2.75, 3.05) is 13.2 Å². The van der Waals surface area contributed by atoms with Crippen molar-refractivity contribution in [1.29, 1.82) is 0 Å². The minimum Gasteiger partial charge on any atom is -0.408 e. The zero-order valence-corrected chi connectivity index (χ0v) is 58.1. The molecule has 490 valence electrons. The van der Waals surface area contributed by atoms with Gasteiger partial charge in [0.1, 0.15) is 18.2 Å². The maximum Gasteiger partial charge on any atom is 0.373 e. The zero-order chi connectivity index (χ0) is 63.9. The number of hydrogen-bond donors (Lipinski definition) is 0. The van der Waals surface area contributed by atoms with Crippen LogP contribution in [0.5, 0.6) is 0 Å². The summed E-state index contributed by atoms with van der Waals surface area (Å²) < 4.78 is 59.1. The standard InChI is InChI=1S/C74H114O10Si.CO2/c1-18-85(19-2,20-3)84-64-50(8)49(7)59(44-77-43-55-29-25-22-26-30-55)80-67(64)83-65-63(82-66-51(9)48(6)46(4)42-78-66)52(10)58(39-54-27-23-21-24-28-54)79-68(65)81-62-34-35-70(14)60(71(62,15)45-75)33-36-72(16)61(70)32-31-56-57-41-69(12,13)37-38-74(57,53(11)76)47(5)40-73(56,72)17;2-1-3/h21-31,45-52,57-68H,18-20,32-44H2,1-17H3;/t46-,47?,48+,49-,50+,51?,52-,57?,58?,59?,60-,61?,62+,63+,64?,65?,66+,67+,68+,70?,71-,72+,73-,74-;/m1./s1. The Hall–Kier alpha value is -3.20. The van der Waals surface area contributed by atoms with Gasteiger partial charge in [0.25, 0.3) is 0 Å². The Balaban J connectivity index is 0.00000301. The summed E-state index contributed by atoms with van der Waals surface area (Å²) in [5.74, 6) is 2.29. The van der Waals surface area contributed by atoms with Crippen LogP contribution in [0.2, 0.25) is 18.1 Å². The third-order valence-corrected chi connectivity index (χ3v) is 31.4. The molecule has 9 unspecified atom stereocenters. The Morgan fingerprint density at radius 3 is 1.91 bits per heavy atom. The van der Waals surface area contributed by atoms with Gasteiger partial charge in [-0.1, -0.05) is 183 Å². The highest BCUT2D eigenvalue weighted by Gasteiger charge is 2.71. The molecule has 8 aliphatic rings. The van der Waals surface area contributed by atoms with E-state index in [0.717, 1.165) is 75.1 Å². The first-order valence-corrected chi connectivity index (χ1v) is 37.1. The second-order valence-electron chi connectivity index (χ2n) is 31.4. The van der Waals surface area contributed by atoms with Crippen LogP contribution in [-0.2, 0) is 69.8 Å². The van der Waals surface area contributed by atoms with Crippen LogP contribution in [-0.4, -0.2) is 95.2 Å². The number of allylic oxidation sites excluding steroid dienone is 2. The van der Waals surface area contributed by atoms with Crippen LogP contribution in [0.3, 0.4) is 0 Å². The summed E-state index contributed by atoms with van der Waals surface area (Å²) in [7, 11) is -2.24. The van der Waals surface area contributed by atoms with Crippen molar-refractivity contribution in [3.63, 3.8) is 0 Å². The van der Waals surface area contributed by atoms with E-state index in [4.69, 9.17) is 47.2 Å². The fourth-order valence-corrected chi connectivity index (χ4v) is 22.9. The van der Waals surface area contributed by atoms with Crippen molar-refractivity contribution >= 4 is 26.5 Å². The van der Waals surface area contributed by atoms with E-state index >= 15 is 0 Å². The van der Waals surface area contributed by atoms with Gasteiger partial charge >= 0.3 is 6.15 Å². The Kier molecular flexibility index (Phi) is 21.5. The maximum absolute atomic E-state index is 14.7. The van der Waals surface area contributed by atoms with Gasteiger partial charge < -0.3 is 42.4 Å². The zero-order valence-electron chi connectivity index (χ0n) is 57.1. The highest BCUT2D eigenvalue weighted by Crippen LogP contribution is 2.77. The van der Waals surface area contributed by atoms with Crippen LogP contribution in [0.4, 0.5) is 0 Å². The van der Waals surface area contributed by atoms with Crippen molar-refractivity contribution in [2.24, 2.45) is 91.7 Å². The van der Waals surface area contributed by atoms with Gasteiger partial charge in [0, 0.05) is 17.3 Å². The molecule has 2 aromatic rings. The van der Waals surface area contributed by atoms with Crippen molar-refractivity contribution in [2.45, 2.75) is 262 Å². The molecule has 2 aromatic carbocycles. The molecule has 3 aliphatic heterocycles. The van der Waals surface area contributed by atoms with Crippen LogP contribution in [0.15, 0.2) is 72.3 Å². The lowest BCUT2D eigenvalue weighted by Crippen LogP contribution is -2.67. The summed E-state index contributed by atoms with van der Waals surface area (Å²) in [4.78, 5) is 45.0. The number of carbonyl (C=O) groups is 2. The molecule has 0 N–H and O–H groups in total. The summed E-state index contributed by atoms with van der Waals surface area (Å²) >= 11 is 0. The maximum atomic E-state index is 14.7. The van der Waals surface area contributed by atoms with Crippen LogP contribution in [0.25, 0.3) is 0 Å². The molecule has 13 heteroatoms. The number of Topliss-reactive ketones (excluding diaryl/α,β-unsaturated/α-hetero) is 1. The molecule has 0 radical (unpaired) electrons. The molecule has 12 nitrogen and oxygen atoms in total. The number of aldehydes is 1. The summed E-state index contributed by atoms with van der Waals surface area (Å²) in [5, 5.41) is 0. The van der Waals surface area contributed by atoms with E-state index in [2.05, 4.69) is 171 Å². The smallest absolute Gasteiger partial charge is 0.373 e. The number of hydrogen-bond acceptors (Lipinski definition) is 12.